The first-order valence-electron chi connectivity index (χ1n) is 3.98. The van der Waals surface area contributed by atoms with E-state index in [9.17, 15) is 4.79 Å². The van der Waals surface area contributed by atoms with Crippen molar-refractivity contribution in [3.05, 3.63) is 0 Å². The van der Waals surface area contributed by atoms with E-state index in [0.717, 1.165) is 0 Å². The summed E-state index contributed by atoms with van der Waals surface area (Å²) >= 11 is 1.86. The Hall–Kier alpha value is 0.0200. The van der Waals surface area contributed by atoms with E-state index in [0.29, 0.717) is 11.7 Å². The second-order valence-corrected chi connectivity index (χ2v) is 6.21. The van der Waals surface area contributed by atoms with Crippen molar-refractivity contribution < 1.29 is 4.79 Å². The molecule has 1 nitrogen and oxygen atoms in total. The molecule has 0 aliphatic carbocycles. The third kappa shape index (κ3) is 7.92. The molecule has 0 bridgehead atoms. The van der Waals surface area contributed by atoms with Gasteiger partial charge in [-0.15, -0.1) is 0 Å². The molecule has 0 aliphatic rings. The van der Waals surface area contributed by atoms with E-state index in [1.54, 1.807) is 6.92 Å². The van der Waals surface area contributed by atoms with Gasteiger partial charge in [-0.2, -0.15) is 11.8 Å². The number of ketones is 1. The summed E-state index contributed by atoms with van der Waals surface area (Å²) in [6, 6.07) is 0. The molecule has 0 aliphatic heterocycles. The normalized spacial score (nSPS) is 14.6. The average molecular weight is 174 g/mol. The molecule has 0 aromatic rings. The Morgan fingerprint density at radius 3 is 2.18 bits per heavy atom. The van der Waals surface area contributed by atoms with Gasteiger partial charge < -0.3 is 0 Å². The van der Waals surface area contributed by atoms with Gasteiger partial charge in [-0.1, -0.05) is 27.7 Å². The van der Waals surface area contributed by atoms with Crippen LogP contribution < -0.4 is 0 Å². The highest BCUT2D eigenvalue weighted by Gasteiger charge is 2.16. The molecule has 11 heavy (non-hydrogen) atoms. The SMILES string of the molecule is CC(=O)C[C@@H](C)SC(C)(C)C. The average Bonchev–Trinajstić information content (AvgIpc) is 1.53. The zero-order valence-electron chi connectivity index (χ0n) is 8.10. The summed E-state index contributed by atoms with van der Waals surface area (Å²) in [4.78, 5) is 10.7. The molecular weight excluding hydrogens is 156 g/mol. The van der Waals surface area contributed by atoms with E-state index >= 15 is 0 Å². The molecule has 0 saturated carbocycles. The first-order valence-corrected chi connectivity index (χ1v) is 4.86. The third-order valence-electron chi connectivity index (χ3n) is 1.13. The fourth-order valence-corrected chi connectivity index (χ4v) is 2.58. The Kier molecular flexibility index (Phi) is 4.16. The lowest BCUT2D eigenvalue weighted by Gasteiger charge is -2.21. The molecule has 0 amide bonds. The zero-order valence-corrected chi connectivity index (χ0v) is 8.92. The van der Waals surface area contributed by atoms with Crippen molar-refractivity contribution in [1.82, 2.24) is 0 Å². The van der Waals surface area contributed by atoms with E-state index in [1.807, 2.05) is 11.8 Å². The molecule has 2 heteroatoms. The largest absolute Gasteiger partial charge is 0.300 e. The van der Waals surface area contributed by atoms with Crippen LogP contribution in [0.15, 0.2) is 0 Å². The highest BCUT2D eigenvalue weighted by Crippen LogP contribution is 2.29. The topological polar surface area (TPSA) is 17.1 Å². The van der Waals surface area contributed by atoms with Crippen molar-refractivity contribution in [2.75, 3.05) is 0 Å². The van der Waals surface area contributed by atoms with Gasteiger partial charge in [-0.3, -0.25) is 4.79 Å². The van der Waals surface area contributed by atoms with E-state index in [1.165, 1.54) is 0 Å². The minimum Gasteiger partial charge on any atom is -0.300 e. The zero-order chi connectivity index (χ0) is 9.07. The molecule has 0 N–H and O–H groups in total. The number of carbonyl (C=O) groups excluding carboxylic acids is 1. The molecule has 0 spiro atoms. The van der Waals surface area contributed by atoms with Crippen molar-refractivity contribution in [3.63, 3.8) is 0 Å². The van der Waals surface area contributed by atoms with Crippen molar-refractivity contribution in [3.8, 4) is 0 Å². The van der Waals surface area contributed by atoms with Crippen LogP contribution in [0.1, 0.15) is 41.0 Å². The molecule has 0 fully saturated rings. The standard InChI is InChI=1S/C9H18OS/c1-7(10)6-8(2)11-9(3,4)5/h8H,6H2,1-5H3/t8-/m1/s1. The molecule has 1 atom stereocenters. The molecule has 0 rings (SSSR count). The minimum absolute atomic E-state index is 0.273. The smallest absolute Gasteiger partial charge is 0.130 e. The number of rotatable bonds is 3. The Labute approximate surface area is 73.9 Å². The molecule has 0 aromatic carbocycles. The summed E-state index contributed by atoms with van der Waals surface area (Å²) in [6.45, 7) is 10.3. The highest BCUT2D eigenvalue weighted by molar-refractivity contribution is 8.01. The minimum atomic E-state index is 0.273. The van der Waals surface area contributed by atoms with Crippen LogP contribution in [-0.2, 0) is 4.79 Å². The lowest BCUT2D eigenvalue weighted by Crippen LogP contribution is -2.15. The van der Waals surface area contributed by atoms with Gasteiger partial charge in [0.25, 0.3) is 0 Å². The van der Waals surface area contributed by atoms with Crippen LogP contribution >= 0.6 is 11.8 Å². The summed E-state index contributed by atoms with van der Waals surface area (Å²) in [5, 5.41) is 0.451. The van der Waals surface area contributed by atoms with E-state index in [4.69, 9.17) is 0 Å². The molecule has 0 aromatic heterocycles. The second-order valence-electron chi connectivity index (χ2n) is 3.95. The molecule has 0 heterocycles. The summed E-state index contributed by atoms with van der Waals surface area (Å²) in [5.41, 5.74) is 0. The Balaban J connectivity index is 3.69. The number of hydrogen-bond donors (Lipinski definition) is 0. The summed E-state index contributed by atoms with van der Waals surface area (Å²) in [5.74, 6) is 0.286. The van der Waals surface area contributed by atoms with Crippen molar-refractivity contribution in [2.45, 2.75) is 51.0 Å². The lowest BCUT2D eigenvalue weighted by atomic mass is 10.2. The Morgan fingerprint density at radius 2 is 1.91 bits per heavy atom. The van der Waals surface area contributed by atoms with Crippen molar-refractivity contribution >= 4 is 17.5 Å². The van der Waals surface area contributed by atoms with Gasteiger partial charge in [0, 0.05) is 16.4 Å². The van der Waals surface area contributed by atoms with Gasteiger partial charge in [-0.05, 0) is 6.92 Å². The van der Waals surface area contributed by atoms with Gasteiger partial charge >= 0.3 is 0 Å². The van der Waals surface area contributed by atoms with Crippen LogP contribution in [0.3, 0.4) is 0 Å². The maximum atomic E-state index is 10.7. The quantitative estimate of drug-likeness (QED) is 0.654. The van der Waals surface area contributed by atoms with E-state index in [2.05, 4.69) is 27.7 Å². The van der Waals surface area contributed by atoms with Gasteiger partial charge in [0.1, 0.15) is 5.78 Å². The van der Waals surface area contributed by atoms with Crippen LogP contribution in [0.2, 0.25) is 0 Å². The third-order valence-corrected chi connectivity index (χ3v) is 2.41. The lowest BCUT2D eigenvalue weighted by molar-refractivity contribution is -0.116. The highest BCUT2D eigenvalue weighted by atomic mass is 32.2. The predicted molar refractivity (Wildman–Crippen MR) is 52.1 cm³/mol. The summed E-state index contributed by atoms with van der Waals surface area (Å²) in [6.07, 6.45) is 0.696. The van der Waals surface area contributed by atoms with Gasteiger partial charge in [0.2, 0.25) is 0 Å². The maximum absolute atomic E-state index is 10.7. The Morgan fingerprint density at radius 1 is 1.45 bits per heavy atom. The number of Topliss-reactive ketones (excluding diaryl/α,β-unsaturated/α-hetero) is 1. The maximum Gasteiger partial charge on any atom is 0.130 e. The number of thioether (sulfide) groups is 1. The fourth-order valence-electron chi connectivity index (χ4n) is 1.05. The van der Waals surface area contributed by atoms with E-state index in [-0.39, 0.29) is 10.5 Å². The molecule has 0 saturated heterocycles. The molecule has 0 radical (unpaired) electrons. The first kappa shape index (κ1) is 11.0. The Bertz CT molecular complexity index is 135. The second kappa shape index (κ2) is 4.15. The van der Waals surface area contributed by atoms with Crippen molar-refractivity contribution in [1.29, 1.82) is 0 Å². The summed E-state index contributed by atoms with van der Waals surface area (Å²) < 4.78 is 0.273. The van der Waals surface area contributed by atoms with Crippen molar-refractivity contribution in [2.24, 2.45) is 0 Å². The van der Waals surface area contributed by atoms with Crippen LogP contribution in [0.4, 0.5) is 0 Å². The number of carbonyl (C=O) groups is 1. The molecule has 0 unspecified atom stereocenters. The van der Waals surface area contributed by atoms with Crippen LogP contribution in [0.5, 0.6) is 0 Å². The van der Waals surface area contributed by atoms with Crippen LogP contribution in [0.25, 0.3) is 0 Å². The van der Waals surface area contributed by atoms with Gasteiger partial charge in [-0.25, -0.2) is 0 Å². The van der Waals surface area contributed by atoms with Gasteiger partial charge in [0.15, 0.2) is 0 Å². The van der Waals surface area contributed by atoms with E-state index < -0.39 is 0 Å². The predicted octanol–water partition coefficient (Wildman–Crippen LogP) is 2.89. The molecule has 66 valence electrons. The van der Waals surface area contributed by atoms with Gasteiger partial charge in [0.05, 0.1) is 0 Å². The monoisotopic (exact) mass is 174 g/mol. The summed E-state index contributed by atoms with van der Waals surface area (Å²) in [7, 11) is 0. The first-order chi connectivity index (χ1) is 4.81. The fraction of sp³-hybridized carbons (Fsp3) is 0.889. The number of hydrogen-bond acceptors (Lipinski definition) is 2. The molecular formula is C9H18OS. The van der Waals surface area contributed by atoms with Crippen LogP contribution in [-0.4, -0.2) is 15.8 Å². The van der Waals surface area contributed by atoms with Crippen LogP contribution in [0, 0.1) is 0 Å².